The van der Waals surface area contributed by atoms with E-state index in [0.29, 0.717) is 12.0 Å². The molecule has 3 atom stereocenters. The van der Waals surface area contributed by atoms with Crippen molar-refractivity contribution in [2.45, 2.75) is 56.8 Å². The highest BCUT2D eigenvalue weighted by molar-refractivity contribution is 5.86. The molecule has 0 spiro atoms. The fourth-order valence-corrected chi connectivity index (χ4v) is 4.29. The number of alkyl halides is 3. The Kier molecular flexibility index (Phi) is 5.25. The van der Waals surface area contributed by atoms with Crippen LogP contribution in [0.3, 0.4) is 0 Å². The van der Waals surface area contributed by atoms with Crippen LogP contribution in [-0.4, -0.2) is 36.0 Å². The topological polar surface area (TPSA) is 46.6 Å². The number of rotatable bonds is 3. The van der Waals surface area contributed by atoms with Crippen molar-refractivity contribution in [2.75, 3.05) is 7.11 Å². The molecular weight excluding hydrogens is 347 g/mol. The summed E-state index contributed by atoms with van der Waals surface area (Å²) in [6.07, 6.45) is -0.173. The molecule has 3 unspecified atom stereocenters. The van der Waals surface area contributed by atoms with Gasteiger partial charge < -0.3 is 9.64 Å². The lowest BCUT2D eigenvalue weighted by molar-refractivity contribution is -0.152. The predicted molar refractivity (Wildman–Crippen MR) is 88.2 cm³/mol. The summed E-state index contributed by atoms with van der Waals surface area (Å²) in [5, 5.41) is 0. The van der Waals surface area contributed by atoms with Gasteiger partial charge in [-0.15, -0.1) is 0 Å². The number of hydrogen-bond acceptors (Lipinski definition) is 3. The van der Waals surface area contributed by atoms with E-state index in [9.17, 15) is 22.8 Å². The van der Waals surface area contributed by atoms with Gasteiger partial charge in [-0.3, -0.25) is 4.79 Å². The summed E-state index contributed by atoms with van der Waals surface area (Å²) >= 11 is 0. The molecule has 1 amide bonds. The first-order chi connectivity index (χ1) is 12.3. The summed E-state index contributed by atoms with van der Waals surface area (Å²) < 4.78 is 43.5. The maximum absolute atomic E-state index is 12.9. The third kappa shape index (κ3) is 3.71. The Bertz CT molecular complexity index is 689. The molecule has 1 saturated heterocycles. The quantitative estimate of drug-likeness (QED) is 0.765. The summed E-state index contributed by atoms with van der Waals surface area (Å²) in [5.41, 5.74) is -0.475. The van der Waals surface area contributed by atoms with Crippen LogP contribution in [0.2, 0.25) is 0 Å². The average molecular weight is 369 g/mol. The first-order valence-electron chi connectivity index (χ1n) is 8.86. The van der Waals surface area contributed by atoms with Crippen LogP contribution in [0.4, 0.5) is 13.2 Å². The Balaban J connectivity index is 1.81. The van der Waals surface area contributed by atoms with Gasteiger partial charge in [0.2, 0.25) is 5.91 Å². The SMILES string of the molecule is COC(=O)C1CC2CCCCC2N1C(=O)Cc1cccc(C(F)(F)F)c1. The molecule has 1 aliphatic heterocycles. The van der Waals surface area contributed by atoms with Crippen LogP contribution in [0.5, 0.6) is 0 Å². The molecule has 2 fully saturated rings. The van der Waals surface area contributed by atoms with Gasteiger partial charge in [0.25, 0.3) is 0 Å². The van der Waals surface area contributed by atoms with Crippen LogP contribution in [0.25, 0.3) is 0 Å². The minimum Gasteiger partial charge on any atom is -0.467 e. The molecule has 2 aliphatic rings. The van der Waals surface area contributed by atoms with Crippen molar-refractivity contribution in [2.24, 2.45) is 5.92 Å². The smallest absolute Gasteiger partial charge is 0.416 e. The fraction of sp³-hybridized carbons (Fsp3) is 0.579. The number of nitrogens with zero attached hydrogens (tertiary/aromatic N) is 1. The minimum absolute atomic E-state index is 0.0221. The van der Waals surface area contributed by atoms with Crippen molar-refractivity contribution in [1.82, 2.24) is 4.90 Å². The van der Waals surface area contributed by atoms with Gasteiger partial charge >= 0.3 is 12.1 Å². The van der Waals surface area contributed by atoms with Gasteiger partial charge in [-0.1, -0.05) is 31.0 Å². The lowest BCUT2D eigenvalue weighted by Crippen LogP contribution is -2.47. The number of hydrogen-bond donors (Lipinski definition) is 0. The fourth-order valence-electron chi connectivity index (χ4n) is 4.29. The number of fused-ring (bicyclic) bond motifs is 1. The largest absolute Gasteiger partial charge is 0.467 e. The van der Waals surface area contributed by atoms with E-state index in [2.05, 4.69) is 0 Å². The molecule has 26 heavy (non-hydrogen) atoms. The van der Waals surface area contributed by atoms with Crippen molar-refractivity contribution in [1.29, 1.82) is 0 Å². The maximum Gasteiger partial charge on any atom is 0.416 e. The zero-order chi connectivity index (χ0) is 18.9. The highest BCUT2D eigenvalue weighted by Gasteiger charge is 2.47. The molecule has 0 radical (unpaired) electrons. The van der Waals surface area contributed by atoms with E-state index in [4.69, 9.17) is 4.74 Å². The summed E-state index contributed by atoms with van der Waals surface area (Å²) in [7, 11) is 1.29. The van der Waals surface area contributed by atoms with Gasteiger partial charge in [0.1, 0.15) is 6.04 Å². The van der Waals surface area contributed by atoms with Gasteiger partial charge in [-0.2, -0.15) is 13.2 Å². The van der Waals surface area contributed by atoms with E-state index in [1.165, 1.54) is 19.2 Å². The summed E-state index contributed by atoms with van der Waals surface area (Å²) in [6.45, 7) is 0. The van der Waals surface area contributed by atoms with Gasteiger partial charge in [-0.05, 0) is 36.8 Å². The van der Waals surface area contributed by atoms with E-state index in [1.807, 2.05) is 0 Å². The van der Waals surface area contributed by atoms with Crippen LogP contribution in [-0.2, 0) is 26.9 Å². The number of benzene rings is 1. The number of carbonyl (C=O) groups excluding carboxylic acids is 2. The normalized spacial score (nSPS) is 25.7. The number of methoxy groups -OCH3 is 1. The second-order valence-electron chi connectivity index (χ2n) is 7.06. The molecule has 3 rings (SSSR count). The van der Waals surface area contributed by atoms with E-state index in [-0.39, 0.29) is 24.3 Å². The zero-order valence-corrected chi connectivity index (χ0v) is 14.6. The average Bonchev–Trinajstić information content (AvgIpc) is 3.00. The molecule has 1 aromatic carbocycles. The van der Waals surface area contributed by atoms with Crippen molar-refractivity contribution in [3.8, 4) is 0 Å². The number of ether oxygens (including phenoxy) is 1. The molecule has 1 aliphatic carbocycles. The van der Waals surface area contributed by atoms with Crippen LogP contribution in [0, 0.1) is 5.92 Å². The molecular formula is C19H22F3NO3. The Morgan fingerprint density at radius 2 is 1.96 bits per heavy atom. The van der Waals surface area contributed by atoms with E-state index in [0.717, 1.165) is 37.8 Å². The molecule has 7 heteroatoms. The Labute approximate surface area is 150 Å². The third-order valence-electron chi connectivity index (χ3n) is 5.46. The predicted octanol–water partition coefficient (Wildman–Crippen LogP) is 3.58. The van der Waals surface area contributed by atoms with Crippen LogP contribution >= 0.6 is 0 Å². The summed E-state index contributed by atoms with van der Waals surface area (Å²) in [6, 6.07) is 4.14. The van der Waals surface area contributed by atoms with E-state index < -0.39 is 23.8 Å². The second-order valence-corrected chi connectivity index (χ2v) is 7.06. The highest BCUT2D eigenvalue weighted by Crippen LogP contribution is 2.40. The summed E-state index contributed by atoms with van der Waals surface area (Å²) in [5.74, 6) is -0.496. The van der Waals surface area contributed by atoms with Crippen LogP contribution < -0.4 is 0 Å². The van der Waals surface area contributed by atoms with E-state index >= 15 is 0 Å². The van der Waals surface area contributed by atoms with E-state index in [1.54, 1.807) is 4.90 Å². The standard InChI is InChI=1S/C19H22F3NO3/c1-26-18(25)16-11-13-6-2-3-8-15(13)23(16)17(24)10-12-5-4-7-14(9-12)19(20,21)22/h4-5,7,9,13,15-16H,2-3,6,8,10-11H2,1H3. The number of esters is 1. The summed E-state index contributed by atoms with van der Waals surface area (Å²) in [4.78, 5) is 26.6. The Morgan fingerprint density at radius 1 is 1.23 bits per heavy atom. The van der Waals surface area contributed by atoms with Crippen LogP contribution in [0.1, 0.15) is 43.2 Å². The van der Waals surface area contributed by atoms with Gasteiger partial charge in [0.15, 0.2) is 0 Å². The number of halogens is 3. The first-order valence-corrected chi connectivity index (χ1v) is 8.86. The maximum atomic E-state index is 12.9. The lowest BCUT2D eigenvalue weighted by Gasteiger charge is -2.33. The van der Waals surface area contributed by atoms with Crippen molar-refractivity contribution in [3.05, 3.63) is 35.4 Å². The Hall–Kier alpha value is -2.05. The number of amides is 1. The van der Waals surface area contributed by atoms with Gasteiger partial charge in [0, 0.05) is 6.04 Å². The molecule has 1 saturated carbocycles. The number of carbonyl (C=O) groups is 2. The van der Waals surface area contributed by atoms with Gasteiger partial charge in [0.05, 0.1) is 19.1 Å². The van der Waals surface area contributed by atoms with Crippen LogP contribution in [0.15, 0.2) is 24.3 Å². The first kappa shape index (κ1) is 18.7. The zero-order valence-electron chi connectivity index (χ0n) is 14.6. The minimum atomic E-state index is -4.45. The molecule has 1 heterocycles. The van der Waals surface area contributed by atoms with Crippen molar-refractivity contribution < 1.29 is 27.5 Å². The molecule has 1 aromatic rings. The molecule has 4 nitrogen and oxygen atoms in total. The molecule has 142 valence electrons. The van der Waals surface area contributed by atoms with Crippen molar-refractivity contribution in [3.63, 3.8) is 0 Å². The highest BCUT2D eigenvalue weighted by atomic mass is 19.4. The lowest BCUT2D eigenvalue weighted by atomic mass is 9.84. The monoisotopic (exact) mass is 369 g/mol. The second kappa shape index (κ2) is 7.29. The molecule has 0 bridgehead atoms. The van der Waals surface area contributed by atoms with Crippen molar-refractivity contribution >= 4 is 11.9 Å². The third-order valence-corrected chi connectivity index (χ3v) is 5.46. The van der Waals surface area contributed by atoms with Gasteiger partial charge in [-0.25, -0.2) is 4.79 Å². The molecule has 0 aromatic heterocycles. The number of likely N-dealkylation sites (tertiary alicyclic amines) is 1. The molecule has 0 N–H and O–H groups in total. The Morgan fingerprint density at radius 3 is 2.65 bits per heavy atom.